The Balaban J connectivity index is 1.59. The molecule has 0 spiro atoms. The summed E-state index contributed by atoms with van der Waals surface area (Å²) in [5.74, 6) is 0.869. The molecule has 7 nitrogen and oxygen atoms in total. The number of carbonyl (C=O) groups excluding carboxylic acids is 1. The Morgan fingerprint density at radius 3 is 2.65 bits per heavy atom. The molecule has 0 saturated carbocycles. The van der Waals surface area contributed by atoms with E-state index in [1.807, 2.05) is 29.9 Å². The molecule has 178 valence electrons. The summed E-state index contributed by atoms with van der Waals surface area (Å²) in [6.45, 7) is 4.03. The second kappa shape index (κ2) is 9.10. The number of likely N-dealkylation sites (N-methyl/N-ethyl adjacent to an activating group) is 1. The lowest BCUT2D eigenvalue weighted by Gasteiger charge is -2.35. The van der Waals surface area contributed by atoms with Gasteiger partial charge in [-0.25, -0.2) is 9.18 Å². The van der Waals surface area contributed by atoms with Gasteiger partial charge in [-0.3, -0.25) is 9.58 Å². The number of ether oxygens (including phenoxy) is 2. The van der Waals surface area contributed by atoms with Gasteiger partial charge >= 0.3 is 6.09 Å². The van der Waals surface area contributed by atoms with Gasteiger partial charge in [0.15, 0.2) is 0 Å². The van der Waals surface area contributed by atoms with Crippen LogP contribution in [0.4, 0.5) is 14.9 Å². The summed E-state index contributed by atoms with van der Waals surface area (Å²) in [5.41, 5.74) is 3.53. The molecule has 0 bridgehead atoms. The van der Waals surface area contributed by atoms with Gasteiger partial charge in [-0.15, -0.1) is 0 Å². The van der Waals surface area contributed by atoms with E-state index in [0.717, 1.165) is 54.7 Å². The van der Waals surface area contributed by atoms with Crippen LogP contribution in [-0.2, 0) is 11.2 Å². The Kier molecular flexibility index (Phi) is 6.00. The van der Waals surface area contributed by atoms with E-state index in [9.17, 15) is 9.18 Å². The molecule has 5 rings (SSSR count). The van der Waals surface area contributed by atoms with Crippen LogP contribution in [0, 0.1) is 5.82 Å². The molecule has 0 N–H and O–H groups in total. The monoisotopic (exact) mass is 464 g/mol. The van der Waals surface area contributed by atoms with Crippen molar-refractivity contribution in [1.29, 1.82) is 0 Å². The first-order valence-electron chi connectivity index (χ1n) is 11.6. The van der Waals surface area contributed by atoms with E-state index >= 15 is 0 Å². The standard InChI is InChI=1S/C26H29FN4O3/c1-17-4-9-23-24(31(17)26(32)33-3)11-10-22(25(23)34-21-7-5-19(27)6-8-21)18-14-28-30(15-18)20-12-13-29(2)16-20/h5-8,10-11,14-15,17,20H,4,9,12-13,16H2,1-3H3/t17-,20-/m0/s1. The summed E-state index contributed by atoms with van der Waals surface area (Å²) in [6, 6.07) is 10.2. The van der Waals surface area contributed by atoms with Crippen molar-refractivity contribution in [3.05, 3.63) is 60.2 Å². The van der Waals surface area contributed by atoms with Crippen LogP contribution < -0.4 is 9.64 Å². The Morgan fingerprint density at radius 1 is 1.15 bits per heavy atom. The first-order valence-corrected chi connectivity index (χ1v) is 11.6. The van der Waals surface area contributed by atoms with E-state index < -0.39 is 6.09 Å². The maximum atomic E-state index is 13.5. The number of rotatable bonds is 4. The van der Waals surface area contributed by atoms with Crippen LogP contribution in [-0.4, -0.2) is 54.1 Å². The van der Waals surface area contributed by atoms with Crippen molar-refractivity contribution in [2.75, 3.05) is 32.1 Å². The molecule has 2 aliphatic heterocycles. The van der Waals surface area contributed by atoms with Crippen molar-refractivity contribution in [3.63, 3.8) is 0 Å². The average Bonchev–Trinajstić information content (AvgIpc) is 3.49. The van der Waals surface area contributed by atoms with Gasteiger partial charge in [-0.2, -0.15) is 5.10 Å². The predicted molar refractivity (Wildman–Crippen MR) is 128 cm³/mol. The molecular weight excluding hydrogens is 435 g/mol. The lowest BCUT2D eigenvalue weighted by Crippen LogP contribution is -2.42. The number of methoxy groups -OCH3 is 1. The van der Waals surface area contributed by atoms with Gasteiger partial charge in [0, 0.05) is 35.5 Å². The summed E-state index contributed by atoms with van der Waals surface area (Å²) in [7, 11) is 3.51. The Bertz CT molecular complexity index is 1190. The maximum Gasteiger partial charge on any atom is 0.414 e. The molecule has 1 saturated heterocycles. The van der Waals surface area contributed by atoms with E-state index in [4.69, 9.17) is 9.47 Å². The van der Waals surface area contributed by atoms with Crippen molar-refractivity contribution in [2.24, 2.45) is 0 Å². The fourth-order valence-corrected chi connectivity index (χ4v) is 4.95. The molecule has 2 aromatic carbocycles. The highest BCUT2D eigenvalue weighted by Crippen LogP contribution is 2.45. The van der Waals surface area contributed by atoms with Crippen molar-refractivity contribution >= 4 is 11.8 Å². The number of amides is 1. The molecule has 3 aromatic rings. The quantitative estimate of drug-likeness (QED) is 0.527. The molecule has 0 radical (unpaired) electrons. The minimum absolute atomic E-state index is 0.00609. The minimum Gasteiger partial charge on any atom is -0.456 e. The van der Waals surface area contributed by atoms with Crippen LogP contribution in [0.3, 0.4) is 0 Å². The van der Waals surface area contributed by atoms with Gasteiger partial charge in [-0.1, -0.05) is 0 Å². The third kappa shape index (κ3) is 4.14. The number of carbonyl (C=O) groups is 1. The lowest BCUT2D eigenvalue weighted by atomic mass is 9.92. The highest BCUT2D eigenvalue weighted by atomic mass is 19.1. The Morgan fingerprint density at radius 2 is 1.94 bits per heavy atom. The van der Waals surface area contributed by atoms with Crippen molar-refractivity contribution in [2.45, 2.75) is 38.3 Å². The van der Waals surface area contributed by atoms with Crippen LogP contribution in [0.5, 0.6) is 11.5 Å². The van der Waals surface area contributed by atoms with Crippen LogP contribution in [0.1, 0.15) is 31.4 Å². The summed E-state index contributed by atoms with van der Waals surface area (Å²) < 4.78 is 27.0. The van der Waals surface area contributed by atoms with Gasteiger partial charge in [0.2, 0.25) is 0 Å². The average molecular weight is 465 g/mol. The van der Waals surface area contributed by atoms with E-state index in [1.54, 1.807) is 17.0 Å². The second-order valence-corrected chi connectivity index (χ2v) is 9.14. The topological polar surface area (TPSA) is 59.8 Å². The van der Waals surface area contributed by atoms with Crippen LogP contribution in [0.15, 0.2) is 48.8 Å². The number of halogens is 1. The zero-order valence-electron chi connectivity index (χ0n) is 19.7. The molecule has 1 fully saturated rings. The van der Waals surface area contributed by atoms with Gasteiger partial charge < -0.3 is 14.4 Å². The first-order chi connectivity index (χ1) is 16.4. The largest absolute Gasteiger partial charge is 0.456 e. The van der Waals surface area contributed by atoms with Gasteiger partial charge in [0.1, 0.15) is 17.3 Å². The number of hydrogen-bond acceptors (Lipinski definition) is 5. The Hall–Kier alpha value is -3.39. The number of nitrogens with zero attached hydrogens (tertiary/aromatic N) is 4. The maximum absolute atomic E-state index is 13.5. The Labute approximate surface area is 198 Å². The number of fused-ring (bicyclic) bond motifs is 1. The molecule has 1 amide bonds. The number of hydrogen-bond donors (Lipinski definition) is 0. The molecule has 2 atom stereocenters. The number of likely N-dealkylation sites (tertiary alicyclic amines) is 1. The number of aromatic nitrogens is 2. The fraction of sp³-hybridized carbons (Fsp3) is 0.385. The molecule has 3 heterocycles. The SMILES string of the molecule is COC(=O)N1c2ccc(-c3cnn([C@H]4CCN(C)C4)c3)c(Oc3ccc(F)cc3)c2CC[C@@H]1C. The van der Waals surface area contributed by atoms with E-state index in [2.05, 4.69) is 23.2 Å². The van der Waals surface area contributed by atoms with Crippen LogP contribution in [0.2, 0.25) is 0 Å². The van der Waals surface area contributed by atoms with Crippen LogP contribution >= 0.6 is 0 Å². The van der Waals surface area contributed by atoms with Gasteiger partial charge in [0.05, 0.1) is 25.0 Å². The van der Waals surface area contributed by atoms with Crippen molar-refractivity contribution in [1.82, 2.24) is 14.7 Å². The van der Waals surface area contributed by atoms with Crippen molar-refractivity contribution in [3.8, 4) is 22.6 Å². The molecule has 1 aromatic heterocycles. The third-order valence-electron chi connectivity index (χ3n) is 6.81. The predicted octanol–water partition coefficient (Wildman–Crippen LogP) is 5.27. The zero-order valence-corrected chi connectivity index (χ0v) is 19.7. The van der Waals surface area contributed by atoms with Gasteiger partial charge in [-0.05, 0) is 76.2 Å². The molecule has 2 aliphatic rings. The smallest absolute Gasteiger partial charge is 0.414 e. The highest BCUT2D eigenvalue weighted by Gasteiger charge is 2.32. The summed E-state index contributed by atoms with van der Waals surface area (Å²) in [5, 5.41) is 4.65. The first kappa shape index (κ1) is 22.4. The van der Waals surface area contributed by atoms with Crippen LogP contribution in [0.25, 0.3) is 11.1 Å². The fourth-order valence-electron chi connectivity index (χ4n) is 4.95. The number of anilines is 1. The molecule has 34 heavy (non-hydrogen) atoms. The number of benzene rings is 2. The minimum atomic E-state index is -0.396. The molecule has 0 aliphatic carbocycles. The van der Waals surface area contributed by atoms with E-state index in [0.29, 0.717) is 17.5 Å². The summed E-state index contributed by atoms with van der Waals surface area (Å²) in [4.78, 5) is 16.6. The normalized spacial score (nSPS) is 20.3. The zero-order chi connectivity index (χ0) is 23.8. The summed E-state index contributed by atoms with van der Waals surface area (Å²) in [6.07, 6.45) is 6.11. The summed E-state index contributed by atoms with van der Waals surface area (Å²) >= 11 is 0. The molecular formula is C26H29FN4O3. The van der Waals surface area contributed by atoms with Gasteiger partial charge in [0.25, 0.3) is 0 Å². The van der Waals surface area contributed by atoms with E-state index in [-0.39, 0.29) is 11.9 Å². The molecule has 0 unspecified atom stereocenters. The second-order valence-electron chi connectivity index (χ2n) is 9.14. The van der Waals surface area contributed by atoms with E-state index in [1.165, 1.54) is 19.2 Å². The molecule has 8 heteroatoms. The lowest BCUT2D eigenvalue weighted by molar-refractivity contribution is 0.175. The third-order valence-corrected chi connectivity index (χ3v) is 6.81. The highest BCUT2D eigenvalue weighted by molar-refractivity contribution is 5.92. The van der Waals surface area contributed by atoms with Crippen molar-refractivity contribution < 1.29 is 18.7 Å².